The van der Waals surface area contributed by atoms with Crippen molar-refractivity contribution in [2.24, 2.45) is 0 Å². The molecule has 0 saturated carbocycles. The first-order chi connectivity index (χ1) is 11.3. The molecule has 3 rings (SSSR count). The number of H-pyrrole nitrogens is 1. The number of ether oxygens (including phenoxy) is 2. The molecule has 8 nitrogen and oxygen atoms in total. The molecular weight excluding hydrogens is 410 g/mol. The summed E-state index contributed by atoms with van der Waals surface area (Å²) < 4.78 is 11.2. The summed E-state index contributed by atoms with van der Waals surface area (Å²) in [5.41, 5.74) is 0.652. The van der Waals surface area contributed by atoms with Crippen LogP contribution in [-0.4, -0.2) is 62.1 Å². The maximum Gasteiger partial charge on any atom is 0.335 e. The Hall–Kier alpha value is -1.36. The Morgan fingerprint density at radius 2 is 1.96 bits per heavy atom. The normalized spacial score (nSPS) is 30.5. The van der Waals surface area contributed by atoms with Crippen molar-refractivity contribution in [3.8, 4) is 5.75 Å². The lowest BCUT2D eigenvalue weighted by Gasteiger charge is -2.38. The van der Waals surface area contributed by atoms with E-state index in [1.807, 2.05) is 0 Å². The van der Waals surface area contributed by atoms with Gasteiger partial charge >= 0.3 is 5.97 Å². The highest BCUT2D eigenvalue weighted by Gasteiger charge is 2.48. The van der Waals surface area contributed by atoms with E-state index < -0.39 is 36.7 Å². The number of carboxylic acid groups (broad SMARTS) is 1. The second kappa shape index (κ2) is 6.51. The zero-order chi connectivity index (χ0) is 17.6. The van der Waals surface area contributed by atoms with Crippen LogP contribution in [0.15, 0.2) is 22.8 Å². The second-order valence-corrected chi connectivity index (χ2v) is 6.58. The number of carbonyl (C=O) groups is 1. The number of benzene rings is 1. The first-order valence-electron chi connectivity index (χ1n) is 6.85. The van der Waals surface area contributed by atoms with E-state index in [1.54, 1.807) is 12.1 Å². The van der Waals surface area contributed by atoms with Crippen LogP contribution in [0, 0.1) is 0 Å². The van der Waals surface area contributed by atoms with Gasteiger partial charge < -0.3 is 34.9 Å². The summed E-state index contributed by atoms with van der Waals surface area (Å²) in [5, 5.41) is 39.6. The molecule has 1 aliphatic rings. The van der Waals surface area contributed by atoms with Gasteiger partial charge in [0.25, 0.3) is 0 Å². The van der Waals surface area contributed by atoms with Gasteiger partial charge in [-0.25, -0.2) is 4.79 Å². The molecule has 0 bridgehead atoms. The van der Waals surface area contributed by atoms with Crippen LogP contribution in [-0.2, 0) is 9.53 Å². The van der Waals surface area contributed by atoms with E-state index in [2.05, 4.69) is 20.9 Å². The SMILES string of the molecule is O=C(O)[C@H]1O[C@@H](Oc2c[nH]c3cc(Cl)c(Br)cc23)[C@H](O)[C@@H](O)[C@@H]1O. The summed E-state index contributed by atoms with van der Waals surface area (Å²) in [7, 11) is 0. The van der Waals surface area contributed by atoms with Crippen LogP contribution in [0.3, 0.4) is 0 Å². The molecule has 10 heteroatoms. The third-order valence-corrected chi connectivity index (χ3v) is 4.94. The molecule has 0 amide bonds. The average molecular weight is 423 g/mol. The Morgan fingerprint density at radius 3 is 2.62 bits per heavy atom. The van der Waals surface area contributed by atoms with Crippen molar-refractivity contribution in [3.63, 3.8) is 0 Å². The van der Waals surface area contributed by atoms with Crippen molar-refractivity contribution in [3.05, 3.63) is 27.8 Å². The highest BCUT2D eigenvalue weighted by molar-refractivity contribution is 9.10. The minimum Gasteiger partial charge on any atom is -0.479 e. The number of aromatic nitrogens is 1. The van der Waals surface area contributed by atoms with Gasteiger partial charge in [0.2, 0.25) is 6.29 Å². The van der Waals surface area contributed by atoms with Crippen LogP contribution in [0.25, 0.3) is 10.9 Å². The molecule has 1 saturated heterocycles. The van der Waals surface area contributed by atoms with E-state index in [0.29, 0.717) is 20.4 Å². The molecule has 1 aromatic carbocycles. The van der Waals surface area contributed by atoms with Gasteiger partial charge in [0.15, 0.2) is 6.10 Å². The van der Waals surface area contributed by atoms with Crippen LogP contribution in [0.4, 0.5) is 0 Å². The number of halogens is 2. The Labute approximate surface area is 148 Å². The highest BCUT2D eigenvalue weighted by Crippen LogP contribution is 2.34. The molecule has 5 N–H and O–H groups in total. The maximum atomic E-state index is 11.1. The Balaban J connectivity index is 1.90. The largest absolute Gasteiger partial charge is 0.479 e. The molecule has 2 aromatic rings. The maximum absolute atomic E-state index is 11.1. The summed E-state index contributed by atoms with van der Waals surface area (Å²) in [5.74, 6) is -1.21. The Bertz CT molecular complexity index is 782. The minimum atomic E-state index is -1.77. The molecule has 0 spiro atoms. The van der Waals surface area contributed by atoms with Crippen LogP contribution in [0.5, 0.6) is 5.75 Å². The number of nitrogens with one attached hydrogen (secondary N) is 1. The third kappa shape index (κ3) is 2.99. The van der Waals surface area contributed by atoms with E-state index in [9.17, 15) is 20.1 Å². The van der Waals surface area contributed by atoms with E-state index in [1.165, 1.54) is 6.20 Å². The van der Waals surface area contributed by atoms with E-state index in [0.717, 1.165) is 0 Å². The number of aliphatic carboxylic acids is 1. The smallest absolute Gasteiger partial charge is 0.335 e. The zero-order valence-electron chi connectivity index (χ0n) is 11.9. The third-order valence-electron chi connectivity index (χ3n) is 3.74. The van der Waals surface area contributed by atoms with Gasteiger partial charge in [-0.2, -0.15) is 0 Å². The topological polar surface area (TPSA) is 132 Å². The predicted octanol–water partition coefficient (Wildman–Crippen LogP) is 0.855. The molecule has 130 valence electrons. The summed E-state index contributed by atoms with van der Waals surface area (Å²) in [6, 6.07) is 3.34. The monoisotopic (exact) mass is 421 g/mol. The lowest BCUT2D eigenvalue weighted by molar-refractivity contribution is -0.270. The fourth-order valence-corrected chi connectivity index (χ4v) is 2.97. The number of fused-ring (bicyclic) bond motifs is 1. The number of aliphatic hydroxyl groups excluding tert-OH is 3. The fourth-order valence-electron chi connectivity index (χ4n) is 2.46. The first kappa shape index (κ1) is 17.5. The van der Waals surface area contributed by atoms with Gasteiger partial charge in [-0.1, -0.05) is 11.6 Å². The number of rotatable bonds is 3. The highest BCUT2D eigenvalue weighted by atomic mass is 79.9. The fraction of sp³-hybridized carbons (Fsp3) is 0.357. The molecule has 24 heavy (non-hydrogen) atoms. The number of hydrogen-bond donors (Lipinski definition) is 5. The van der Waals surface area contributed by atoms with Gasteiger partial charge in [-0.15, -0.1) is 0 Å². The van der Waals surface area contributed by atoms with Crippen molar-refractivity contribution in [2.75, 3.05) is 0 Å². The zero-order valence-corrected chi connectivity index (χ0v) is 14.2. The molecule has 0 aliphatic carbocycles. The van der Waals surface area contributed by atoms with Crippen molar-refractivity contribution in [2.45, 2.75) is 30.7 Å². The molecule has 2 heterocycles. The molecule has 0 unspecified atom stereocenters. The van der Waals surface area contributed by atoms with Gasteiger partial charge in [-0.3, -0.25) is 0 Å². The van der Waals surface area contributed by atoms with Crippen LogP contribution in [0.1, 0.15) is 0 Å². The summed E-state index contributed by atoms with van der Waals surface area (Å²) in [4.78, 5) is 14.0. The lowest BCUT2D eigenvalue weighted by atomic mass is 9.99. The van der Waals surface area contributed by atoms with Crippen molar-refractivity contribution < 1.29 is 34.7 Å². The van der Waals surface area contributed by atoms with Crippen LogP contribution < -0.4 is 4.74 Å². The quantitative estimate of drug-likeness (QED) is 0.495. The summed E-state index contributed by atoms with van der Waals surface area (Å²) >= 11 is 9.29. The molecule has 0 radical (unpaired) electrons. The molecule has 1 aromatic heterocycles. The Morgan fingerprint density at radius 1 is 1.25 bits per heavy atom. The number of hydrogen-bond acceptors (Lipinski definition) is 6. The standard InChI is InChI=1S/C14H13BrClNO7/c15-5-1-4-7(2-6(5)16)17-3-8(4)23-14-11(20)9(18)10(19)12(24-14)13(21)22/h1-3,9-12,14,17-20H,(H,21,22)/t9-,10-,11+,12-,14+/m0/s1. The number of aromatic amines is 1. The van der Waals surface area contributed by atoms with Gasteiger partial charge in [0, 0.05) is 16.1 Å². The van der Waals surface area contributed by atoms with Gasteiger partial charge in [0.05, 0.1) is 10.5 Å². The van der Waals surface area contributed by atoms with Crippen molar-refractivity contribution in [1.82, 2.24) is 4.98 Å². The molecular formula is C14H13BrClNO7. The second-order valence-electron chi connectivity index (χ2n) is 5.32. The van der Waals surface area contributed by atoms with Gasteiger partial charge in [0.1, 0.15) is 24.1 Å². The van der Waals surface area contributed by atoms with Gasteiger partial charge in [-0.05, 0) is 28.1 Å². The number of carboxylic acids is 1. The molecule has 1 aliphatic heterocycles. The molecule has 1 fully saturated rings. The summed E-state index contributed by atoms with van der Waals surface area (Å²) in [6.07, 6.45) is -6.84. The predicted molar refractivity (Wildman–Crippen MR) is 86.0 cm³/mol. The number of aliphatic hydroxyl groups is 3. The van der Waals surface area contributed by atoms with E-state index in [4.69, 9.17) is 26.2 Å². The van der Waals surface area contributed by atoms with Crippen LogP contribution >= 0.6 is 27.5 Å². The van der Waals surface area contributed by atoms with E-state index >= 15 is 0 Å². The Kier molecular flexibility index (Phi) is 4.73. The summed E-state index contributed by atoms with van der Waals surface area (Å²) in [6.45, 7) is 0. The van der Waals surface area contributed by atoms with Crippen LogP contribution in [0.2, 0.25) is 5.02 Å². The lowest BCUT2D eigenvalue weighted by Crippen LogP contribution is -2.61. The minimum absolute atomic E-state index is 0.263. The first-order valence-corrected chi connectivity index (χ1v) is 8.02. The molecule has 5 atom stereocenters. The average Bonchev–Trinajstić information content (AvgIpc) is 2.90. The van der Waals surface area contributed by atoms with Crippen molar-refractivity contribution in [1.29, 1.82) is 0 Å². The van der Waals surface area contributed by atoms with Crippen molar-refractivity contribution >= 4 is 44.4 Å². The van der Waals surface area contributed by atoms with E-state index in [-0.39, 0.29) is 5.75 Å².